The van der Waals surface area contributed by atoms with Gasteiger partial charge in [-0.2, -0.15) is 15.1 Å². The number of carbonyl (C=O) groups excluding carboxylic acids is 2. The highest BCUT2D eigenvalue weighted by molar-refractivity contribution is 6.00. The highest BCUT2D eigenvalue weighted by Gasteiger charge is 2.19. The third kappa shape index (κ3) is 4.65. The molecule has 3 amide bonds. The molecule has 0 fully saturated rings. The van der Waals surface area contributed by atoms with E-state index in [9.17, 15) is 9.59 Å². The fraction of sp³-hybridized carbons (Fsp3) is 0.0769. The summed E-state index contributed by atoms with van der Waals surface area (Å²) in [6, 6.07) is 15.9. The summed E-state index contributed by atoms with van der Waals surface area (Å²) in [5.74, 6) is 0.884. The molecule has 3 aromatic heterocycles. The SMILES string of the molecule is Cn1ncc2c(Nc3ccc4c(c3)CNC4=O)nc(Nc3ccc(NC(=O)Nc4cccnc4)cc3)nc21. The number of aromatic nitrogens is 5. The average Bonchev–Trinajstić information content (AvgIpc) is 3.48. The van der Waals surface area contributed by atoms with Crippen molar-refractivity contribution in [3.05, 3.63) is 84.3 Å². The molecule has 0 spiro atoms. The lowest BCUT2D eigenvalue weighted by atomic mass is 10.1. The smallest absolute Gasteiger partial charge is 0.323 e. The van der Waals surface area contributed by atoms with E-state index < -0.39 is 0 Å². The average molecular weight is 507 g/mol. The molecule has 0 saturated carbocycles. The van der Waals surface area contributed by atoms with E-state index in [0.717, 1.165) is 22.3 Å². The van der Waals surface area contributed by atoms with Gasteiger partial charge >= 0.3 is 6.03 Å². The lowest BCUT2D eigenvalue weighted by molar-refractivity contribution is 0.0965. The van der Waals surface area contributed by atoms with Crippen molar-refractivity contribution < 1.29 is 9.59 Å². The third-order valence-corrected chi connectivity index (χ3v) is 5.96. The van der Waals surface area contributed by atoms with E-state index >= 15 is 0 Å². The van der Waals surface area contributed by atoms with Gasteiger partial charge in [0.2, 0.25) is 5.95 Å². The van der Waals surface area contributed by atoms with E-state index in [2.05, 4.69) is 46.6 Å². The van der Waals surface area contributed by atoms with Crippen molar-refractivity contribution in [2.75, 3.05) is 21.3 Å². The van der Waals surface area contributed by atoms with Crippen LogP contribution in [-0.2, 0) is 13.6 Å². The van der Waals surface area contributed by atoms with Crippen LogP contribution in [0.25, 0.3) is 11.0 Å². The van der Waals surface area contributed by atoms with Crippen molar-refractivity contribution in [2.24, 2.45) is 7.05 Å². The van der Waals surface area contributed by atoms with Crippen molar-refractivity contribution in [1.82, 2.24) is 30.0 Å². The van der Waals surface area contributed by atoms with Crippen LogP contribution in [0.3, 0.4) is 0 Å². The molecule has 5 N–H and O–H groups in total. The maximum Gasteiger partial charge on any atom is 0.323 e. The number of aryl methyl sites for hydroxylation is 1. The number of amides is 3. The van der Waals surface area contributed by atoms with Crippen LogP contribution in [0.15, 0.2) is 73.2 Å². The van der Waals surface area contributed by atoms with Gasteiger partial charge in [-0.05, 0) is 60.2 Å². The molecule has 5 aromatic rings. The Labute approximate surface area is 216 Å². The molecular weight excluding hydrogens is 484 g/mol. The number of pyridine rings is 1. The van der Waals surface area contributed by atoms with Crippen molar-refractivity contribution >= 4 is 57.5 Å². The lowest BCUT2D eigenvalue weighted by Crippen LogP contribution is -2.19. The number of anilines is 6. The van der Waals surface area contributed by atoms with Gasteiger partial charge in [0.15, 0.2) is 5.65 Å². The summed E-state index contributed by atoms with van der Waals surface area (Å²) < 4.78 is 1.67. The van der Waals surface area contributed by atoms with E-state index in [-0.39, 0.29) is 11.9 Å². The van der Waals surface area contributed by atoms with Gasteiger partial charge in [0, 0.05) is 42.4 Å². The molecule has 188 valence electrons. The molecule has 6 rings (SSSR count). The molecule has 38 heavy (non-hydrogen) atoms. The summed E-state index contributed by atoms with van der Waals surface area (Å²) in [6.07, 6.45) is 4.91. The standard InChI is InChI=1S/C26H22N10O2/c1-36-23-21(14-29-36)22(30-18-8-9-20-15(11-18)12-28-24(20)37)34-25(35-23)31-16-4-6-17(7-5-16)32-26(38)33-19-3-2-10-27-13-19/h2-11,13-14H,12H2,1H3,(H,28,37)(H2,32,33,38)(H2,30,31,34,35). The van der Waals surface area contributed by atoms with Gasteiger partial charge in [0.25, 0.3) is 5.91 Å². The third-order valence-electron chi connectivity index (χ3n) is 5.96. The molecule has 0 saturated heterocycles. The molecule has 2 aromatic carbocycles. The predicted molar refractivity (Wildman–Crippen MR) is 144 cm³/mol. The van der Waals surface area contributed by atoms with Gasteiger partial charge in [0.05, 0.1) is 23.5 Å². The van der Waals surface area contributed by atoms with Crippen molar-refractivity contribution in [3.63, 3.8) is 0 Å². The van der Waals surface area contributed by atoms with E-state index in [1.165, 1.54) is 0 Å². The zero-order chi connectivity index (χ0) is 26.1. The Hall–Kier alpha value is -5.52. The van der Waals surface area contributed by atoms with Crippen LogP contribution in [-0.4, -0.2) is 36.7 Å². The van der Waals surface area contributed by atoms with Crippen LogP contribution in [0, 0.1) is 0 Å². The van der Waals surface area contributed by atoms with E-state index in [0.29, 0.717) is 40.9 Å². The Balaban J connectivity index is 1.20. The molecule has 0 atom stereocenters. The van der Waals surface area contributed by atoms with Crippen LogP contribution in [0.4, 0.5) is 39.3 Å². The number of rotatable bonds is 6. The molecule has 12 heteroatoms. The Morgan fingerprint density at radius 2 is 1.71 bits per heavy atom. The van der Waals surface area contributed by atoms with Gasteiger partial charge < -0.3 is 26.6 Å². The predicted octanol–water partition coefficient (Wildman–Crippen LogP) is 4.13. The molecule has 0 unspecified atom stereocenters. The molecule has 4 heterocycles. The Kier molecular flexibility index (Phi) is 5.73. The number of hydrogen-bond acceptors (Lipinski definition) is 8. The first-order valence-corrected chi connectivity index (χ1v) is 11.7. The summed E-state index contributed by atoms with van der Waals surface area (Å²) >= 11 is 0. The number of urea groups is 1. The first-order valence-electron chi connectivity index (χ1n) is 11.7. The minimum atomic E-state index is -0.369. The first-order chi connectivity index (χ1) is 18.5. The molecular formula is C26H22N10O2. The summed E-state index contributed by atoms with van der Waals surface area (Å²) in [5, 5.41) is 20.0. The second kappa shape index (κ2) is 9.50. The van der Waals surface area contributed by atoms with Crippen LogP contribution in [0.5, 0.6) is 0 Å². The van der Waals surface area contributed by atoms with E-state index in [1.807, 2.05) is 31.3 Å². The fourth-order valence-electron chi connectivity index (χ4n) is 4.12. The van der Waals surface area contributed by atoms with Gasteiger partial charge in [-0.1, -0.05) is 0 Å². The topological polar surface area (TPSA) is 151 Å². The Bertz CT molecular complexity index is 1670. The number of benzene rings is 2. The number of fused-ring (bicyclic) bond motifs is 2. The normalized spacial score (nSPS) is 12.1. The van der Waals surface area contributed by atoms with Crippen LogP contribution in [0.2, 0.25) is 0 Å². The molecule has 1 aliphatic rings. The van der Waals surface area contributed by atoms with Gasteiger partial charge in [-0.25, -0.2) is 4.79 Å². The lowest BCUT2D eigenvalue weighted by Gasteiger charge is -2.12. The monoisotopic (exact) mass is 506 g/mol. The highest BCUT2D eigenvalue weighted by atomic mass is 16.2. The fourth-order valence-corrected chi connectivity index (χ4v) is 4.12. The first kappa shape index (κ1) is 22.9. The molecule has 1 aliphatic heterocycles. The minimum Gasteiger partial charge on any atom is -0.348 e. The van der Waals surface area contributed by atoms with Crippen molar-refractivity contribution in [2.45, 2.75) is 6.54 Å². The number of nitrogens with one attached hydrogen (secondary N) is 5. The summed E-state index contributed by atoms with van der Waals surface area (Å²) in [6.45, 7) is 0.499. The van der Waals surface area contributed by atoms with E-state index in [1.54, 1.807) is 53.6 Å². The van der Waals surface area contributed by atoms with Crippen molar-refractivity contribution in [1.29, 1.82) is 0 Å². The van der Waals surface area contributed by atoms with Crippen LogP contribution < -0.4 is 26.6 Å². The summed E-state index contributed by atoms with van der Waals surface area (Å²) in [7, 11) is 1.81. The number of nitrogens with zero attached hydrogens (tertiary/aromatic N) is 5. The number of hydrogen-bond donors (Lipinski definition) is 5. The largest absolute Gasteiger partial charge is 0.348 e. The molecule has 12 nitrogen and oxygen atoms in total. The van der Waals surface area contributed by atoms with Gasteiger partial charge in [0.1, 0.15) is 5.82 Å². The Morgan fingerprint density at radius 3 is 2.53 bits per heavy atom. The maximum atomic E-state index is 12.2. The molecule has 0 aliphatic carbocycles. The van der Waals surface area contributed by atoms with E-state index in [4.69, 9.17) is 0 Å². The highest BCUT2D eigenvalue weighted by Crippen LogP contribution is 2.28. The van der Waals surface area contributed by atoms with Crippen molar-refractivity contribution in [3.8, 4) is 0 Å². The zero-order valence-electron chi connectivity index (χ0n) is 20.2. The summed E-state index contributed by atoms with van der Waals surface area (Å²) in [4.78, 5) is 37.4. The zero-order valence-corrected chi connectivity index (χ0v) is 20.2. The number of carbonyl (C=O) groups is 2. The Morgan fingerprint density at radius 1 is 0.921 bits per heavy atom. The second-order valence-corrected chi connectivity index (χ2v) is 8.60. The minimum absolute atomic E-state index is 0.0648. The summed E-state index contributed by atoms with van der Waals surface area (Å²) in [5.41, 5.74) is 5.01. The van der Waals surface area contributed by atoms with Gasteiger partial charge in [-0.15, -0.1) is 0 Å². The quantitative estimate of drug-likeness (QED) is 0.231. The molecule has 0 bridgehead atoms. The van der Waals surface area contributed by atoms with Crippen LogP contribution >= 0.6 is 0 Å². The van der Waals surface area contributed by atoms with Crippen LogP contribution in [0.1, 0.15) is 15.9 Å². The maximum absolute atomic E-state index is 12.2. The second-order valence-electron chi connectivity index (χ2n) is 8.60. The molecule has 0 radical (unpaired) electrons. The van der Waals surface area contributed by atoms with Gasteiger partial charge in [-0.3, -0.25) is 14.5 Å².